The maximum atomic E-state index is 14.0. The number of halogens is 2. The fourth-order valence-corrected chi connectivity index (χ4v) is 4.89. The fraction of sp³-hybridized carbons (Fsp3) is 0.538. The number of hydrogen-bond acceptors (Lipinski definition) is 2. The molecule has 1 heterocycles. The van der Waals surface area contributed by atoms with Crippen LogP contribution in [0.4, 0.5) is 8.78 Å². The van der Waals surface area contributed by atoms with Gasteiger partial charge in [-0.2, -0.15) is 0 Å². The van der Waals surface area contributed by atoms with Gasteiger partial charge in [0, 0.05) is 18.2 Å². The Bertz CT molecular complexity index is 774. The molecule has 0 aliphatic carbocycles. The first kappa shape index (κ1) is 22.9. The molecule has 0 saturated carbocycles. The van der Waals surface area contributed by atoms with E-state index in [2.05, 4.69) is 48.8 Å². The van der Waals surface area contributed by atoms with E-state index < -0.39 is 11.6 Å². The van der Waals surface area contributed by atoms with Gasteiger partial charge in [-0.15, -0.1) is 0 Å². The van der Waals surface area contributed by atoms with E-state index in [0.29, 0.717) is 12.5 Å². The predicted octanol–water partition coefficient (Wildman–Crippen LogP) is 6.06. The van der Waals surface area contributed by atoms with E-state index in [1.807, 2.05) is 0 Å². The maximum absolute atomic E-state index is 14.0. The largest absolute Gasteiger partial charge is 0.301 e. The molecule has 0 radical (unpaired) electrons. The summed E-state index contributed by atoms with van der Waals surface area (Å²) in [4.78, 5) is 5.10. The first-order valence-electron chi connectivity index (χ1n) is 11.5. The van der Waals surface area contributed by atoms with Crippen LogP contribution in [0.3, 0.4) is 0 Å². The molecule has 1 unspecified atom stereocenters. The summed E-state index contributed by atoms with van der Waals surface area (Å²) in [6.45, 7) is 11.7. The third-order valence-electron chi connectivity index (χ3n) is 6.54. The minimum Gasteiger partial charge on any atom is -0.301 e. The normalized spacial score (nSPS) is 16.2. The second kappa shape index (κ2) is 11.0. The number of nitrogens with zero attached hydrogens (tertiary/aromatic N) is 2. The van der Waals surface area contributed by atoms with Crippen LogP contribution in [0.1, 0.15) is 60.9 Å². The Labute approximate surface area is 180 Å². The zero-order chi connectivity index (χ0) is 21.5. The number of piperidine rings is 1. The molecule has 2 aromatic rings. The van der Waals surface area contributed by atoms with E-state index in [9.17, 15) is 8.78 Å². The summed E-state index contributed by atoms with van der Waals surface area (Å²) in [6.07, 6.45) is 5.05. The van der Waals surface area contributed by atoms with Crippen molar-refractivity contribution < 1.29 is 8.78 Å². The van der Waals surface area contributed by atoms with Crippen LogP contribution in [-0.4, -0.2) is 42.5 Å². The molecule has 1 aliphatic rings. The van der Waals surface area contributed by atoms with E-state index in [1.165, 1.54) is 67.2 Å². The van der Waals surface area contributed by atoms with Crippen molar-refractivity contribution in [3.05, 3.63) is 70.3 Å². The number of rotatable bonds is 9. The van der Waals surface area contributed by atoms with E-state index in [0.717, 1.165) is 26.1 Å². The van der Waals surface area contributed by atoms with E-state index >= 15 is 0 Å². The van der Waals surface area contributed by atoms with Crippen molar-refractivity contribution >= 4 is 0 Å². The van der Waals surface area contributed by atoms with Crippen LogP contribution in [0.15, 0.2) is 36.4 Å². The molecular weight excluding hydrogens is 378 g/mol. The monoisotopic (exact) mass is 414 g/mol. The number of likely N-dealkylation sites (N-methyl/N-ethyl adjacent to an activating group) is 1. The van der Waals surface area contributed by atoms with Gasteiger partial charge in [0.15, 0.2) is 0 Å². The quantitative estimate of drug-likeness (QED) is 0.492. The highest BCUT2D eigenvalue weighted by molar-refractivity contribution is 5.36. The molecule has 2 nitrogen and oxygen atoms in total. The molecule has 0 amide bonds. The third kappa shape index (κ3) is 5.67. The summed E-state index contributed by atoms with van der Waals surface area (Å²) in [5.74, 6) is -0.865. The van der Waals surface area contributed by atoms with Gasteiger partial charge >= 0.3 is 0 Å². The van der Waals surface area contributed by atoms with Crippen molar-refractivity contribution in [2.24, 2.45) is 0 Å². The molecule has 4 heteroatoms. The van der Waals surface area contributed by atoms with Gasteiger partial charge in [0.1, 0.15) is 11.6 Å². The second-order valence-electron chi connectivity index (χ2n) is 8.61. The molecule has 0 N–H and O–H groups in total. The first-order valence-corrected chi connectivity index (χ1v) is 11.5. The lowest BCUT2D eigenvalue weighted by atomic mass is 9.93. The Morgan fingerprint density at radius 3 is 2.13 bits per heavy atom. The van der Waals surface area contributed by atoms with Gasteiger partial charge in [-0.25, -0.2) is 8.78 Å². The van der Waals surface area contributed by atoms with E-state index in [1.54, 1.807) is 0 Å². The van der Waals surface area contributed by atoms with Crippen molar-refractivity contribution in [2.75, 3.05) is 32.7 Å². The van der Waals surface area contributed by atoms with Gasteiger partial charge in [0.25, 0.3) is 0 Å². The van der Waals surface area contributed by atoms with E-state index in [-0.39, 0.29) is 5.56 Å². The topological polar surface area (TPSA) is 6.48 Å². The number of aryl methyl sites for hydroxylation is 2. The highest BCUT2D eigenvalue weighted by Crippen LogP contribution is 2.29. The Morgan fingerprint density at radius 2 is 1.53 bits per heavy atom. The predicted molar refractivity (Wildman–Crippen MR) is 121 cm³/mol. The molecule has 30 heavy (non-hydrogen) atoms. The van der Waals surface area contributed by atoms with Crippen LogP contribution in [0.5, 0.6) is 0 Å². The molecule has 0 spiro atoms. The van der Waals surface area contributed by atoms with Gasteiger partial charge < -0.3 is 4.90 Å². The van der Waals surface area contributed by atoms with Gasteiger partial charge in [-0.3, -0.25) is 4.90 Å². The zero-order valence-corrected chi connectivity index (χ0v) is 18.8. The van der Waals surface area contributed by atoms with Crippen LogP contribution < -0.4 is 0 Å². The van der Waals surface area contributed by atoms with Crippen LogP contribution in [0.25, 0.3) is 0 Å². The SMILES string of the molecule is CCN(CCCc1c(F)cccc1F)C(CN1CCCCC1)c1c(C)cccc1C. The van der Waals surface area contributed by atoms with Gasteiger partial charge in [0.2, 0.25) is 0 Å². The zero-order valence-electron chi connectivity index (χ0n) is 18.8. The second-order valence-corrected chi connectivity index (χ2v) is 8.61. The summed E-state index contributed by atoms with van der Waals surface area (Å²) < 4.78 is 28.1. The van der Waals surface area contributed by atoms with Crippen molar-refractivity contribution in [1.29, 1.82) is 0 Å². The van der Waals surface area contributed by atoms with Crippen molar-refractivity contribution in [3.63, 3.8) is 0 Å². The Balaban J connectivity index is 1.77. The molecule has 164 valence electrons. The summed E-state index contributed by atoms with van der Waals surface area (Å²) in [7, 11) is 0. The lowest BCUT2D eigenvalue weighted by Gasteiger charge is -2.38. The summed E-state index contributed by atoms with van der Waals surface area (Å²) in [6, 6.07) is 11.0. The lowest BCUT2D eigenvalue weighted by Crippen LogP contribution is -2.41. The van der Waals surface area contributed by atoms with Crippen LogP contribution >= 0.6 is 0 Å². The maximum Gasteiger partial charge on any atom is 0.129 e. The Hall–Kier alpha value is -1.78. The highest BCUT2D eigenvalue weighted by atomic mass is 19.1. The average Bonchev–Trinajstić information content (AvgIpc) is 2.73. The molecule has 1 saturated heterocycles. The van der Waals surface area contributed by atoms with Gasteiger partial charge in [-0.1, -0.05) is 37.6 Å². The molecule has 1 aliphatic heterocycles. The molecule has 3 rings (SSSR count). The van der Waals surface area contributed by atoms with Gasteiger partial charge in [-0.05, 0) is 94.5 Å². The molecule has 1 atom stereocenters. The van der Waals surface area contributed by atoms with Crippen molar-refractivity contribution in [3.8, 4) is 0 Å². The number of benzene rings is 2. The first-order chi connectivity index (χ1) is 14.5. The Kier molecular flexibility index (Phi) is 8.41. The minimum absolute atomic E-state index is 0.216. The summed E-state index contributed by atoms with van der Waals surface area (Å²) >= 11 is 0. The number of likely N-dealkylation sites (tertiary alicyclic amines) is 1. The van der Waals surface area contributed by atoms with Crippen molar-refractivity contribution in [2.45, 2.75) is 58.9 Å². The van der Waals surface area contributed by atoms with Crippen molar-refractivity contribution in [1.82, 2.24) is 9.80 Å². The molecule has 2 aromatic carbocycles. The molecular formula is C26H36F2N2. The number of hydrogen-bond donors (Lipinski definition) is 0. The molecule has 1 fully saturated rings. The minimum atomic E-state index is -0.433. The average molecular weight is 415 g/mol. The smallest absolute Gasteiger partial charge is 0.129 e. The fourth-order valence-electron chi connectivity index (χ4n) is 4.89. The lowest BCUT2D eigenvalue weighted by molar-refractivity contribution is 0.127. The standard InChI is InChI=1S/C26H36F2N2/c1-4-30(18-10-13-22-23(27)14-9-15-24(22)28)25(19-29-16-6-5-7-17-29)26-20(2)11-8-12-21(26)3/h8-9,11-12,14-15,25H,4-7,10,13,16-19H2,1-3H3. The Morgan fingerprint density at radius 1 is 0.933 bits per heavy atom. The molecule has 0 bridgehead atoms. The van der Waals surface area contributed by atoms with Crippen LogP contribution in [-0.2, 0) is 6.42 Å². The van der Waals surface area contributed by atoms with E-state index in [4.69, 9.17) is 0 Å². The summed E-state index contributed by atoms with van der Waals surface area (Å²) in [5.41, 5.74) is 4.29. The van der Waals surface area contributed by atoms with Crippen LogP contribution in [0, 0.1) is 25.5 Å². The highest BCUT2D eigenvalue weighted by Gasteiger charge is 2.25. The molecule has 0 aromatic heterocycles. The van der Waals surface area contributed by atoms with Crippen LogP contribution in [0.2, 0.25) is 0 Å². The third-order valence-corrected chi connectivity index (χ3v) is 6.54. The van der Waals surface area contributed by atoms with Gasteiger partial charge in [0.05, 0.1) is 0 Å². The summed E-state index contributed by atoms with van der Waals surface area (Å²) in [5, 5.41) is 0.